The van der Waals surface area contributed by atoms with Gasteiger partial charge in [0.1, 0.15) is 0 Å². The van der Waals surface area contributed by atoms with Crippen molar-refractivity contribution in [3.8, 4) is 0 Å². The first kappa shape index (κ1) is 11.0. The number of carbonyl (C=O) groups excluding carboxylic acids is 1. The third-order valence-electron chi connectivity index (χ3n) is 2.32. The predicted molar refractivity (Wildman–Crippen MR) is 64.1 cm³/mol. The van der Waals surface area contributed by atoms with Crippen molar-refractivity contribution in [1.29, 1.82) is 0 Å². The molecule has 0 spiro atoms. The summed E-state index contributed by atoms with van der Waals surface area (Å²) in [5.74, 6) is 0.536. The Kier molecular flexibility index (Phi) is 3.06. The van der Waals surface area contributed by atoms with Crippen molar-refractivity contribution in [1.82, 2.24) is 0 Å². The monoisotopic (exact) mass is 289 g/mol. The van der Waals surface area contributed by atoms with Crippen molar-refractivity contribution in [2.75, 3.05) is 5.32 Å². The third kappa shape index (κ3) is 2.20. The van der Waals surface area contributed by atoms with E-state index in [1.165, 1.54) is 4.46 Å². The summed E-state index contributed by atoms with van der Waals surface area (Å²) in [6, 6.07) is 5.73. The summed E-state index contributed by atoms with van der Waals surface area (Å²) in [7, 11) is 0. The number of amides is 1. The van der Waals surface area contributed by atoms with E-state index < -0.39 is 0 Å². The number of nitrogens with one attached hydrogen (secondary N) is 1. The van der Waals surface area contributed by atoms with Gasteiger partial charge >= 0.3 is 101 Å². The van der Waals surface area contributed by atoms with Crippen LogP contribution in [0.25, 0.3) is 0 Å². The molecular weight excluding hydrogens is 277 g/mol. The van der Waals surface area contributed by atoms with Crippen LogP contribution in [0.5, 0.6) is 0 Å². The molecule has 1 heterocycles. The van der Waals surface area contributed by atoms with Crippen LogP contribution in [0.2, 0.25) is 9.84 Å². The maximum atomic E-state index is 11.8. The summed E-state index contributed by atoms with van der Waals surface area (Å²) in [5, 5.41) is 3.60. The molecule has 0 fully saturated rings. The van der Waals surface area contributed by atoms with E-state index in [1.54, 1.807) is 0 Å². The zero-order valence-corrected chi connectivity index (χ0v) is 11.1. The molecule has 0 bridgehead atoms. The summed E-state index contributed by atoms with van der Waals surface area (Å²) in [6.07, 6.45) is 0. The molecule has 1 aliphatic rings. The first-order valence-electron chi connectivity index (χ1n) is 4.85. The van der Waals surface area contributed by atoms with E-state index >= 15 is 0 Å². The molecule has 1 aliphatic heterocycles. The summed E-state index contributed by atoms with van der Waals surface area (Å²) in [5.41, 5.74) is 0.893. The van der Waals surface area contributed by atoms with E-state index in [1.807, 2.05) is 18.2 Å². The zero-order chi connectivity index (χ0) is 11.0. The van der Waals surface area contributed by atoms with Crippen molar-refractivity contribution < 1.29 is 4.79 Å². The van der Waals surface area contributed by atoms with Gasteiger partial charge in [0.2, 0.25) is 0 Å². The van der Waals surface area contributed by atoms with Gasteiger partial charge in [-0.25, -0.2) is 0 Å². The van der Waals surface area contributed by atoms with Crippen LogP contribution < -0.4 is 9.78 Å². The quantitative estimate of drug-likeness (QED) is 0.788. The predicted octanol–water partition coefficient (Wildman–Crippen LogP) is 2.07. The van der Waals surface area contributed by atoms with E-state index in [9.17, 15) is 4.79 Å². The summed E-state index contributed by atoms with van der Waals surface area (Å²) < 4.78 is 1.24. The third-order valence-corrected chi connectivity index (χ3v) is 5.96. The van der Waals surface area contributed by atoms with Crippen molar-refractivity contribution in [2.24, 2.45) is 5.92 Å². The second-order valence-electron chi connectivity index (χ2n) is 3.91. The molecule has 15 heavy (non-hydrogen) atoms. The number of benzene rings is 1. The van der Waals surface area contributed by atoms with Crippen molar-refractivity contribution in [3.05, 3.63) is 23.2 Å². The number of fused-ring (bicyclic) bond motifs is 1. The Bertz CT molecular complexity index is 406. The molecular formula is C11H12ClNOSe. The number of rotatable bonds is 1. The van der Waals surface area contributed by atoms with Crippen LogP contribution in [0.3, 0.4) is 0 Å². The zero-order valence-electron chi connectivity index (χ0n) is 8.58. The Labute approximate surface area is 101 Å². The SMILES string of the molecule is CC(C)C1[Se]c2ccc(Cl)cc2NC1=O. The van der Waals surface area contributed by atoms with Crippen LogP contribution in [0.15, 0.2) is 18.2 Å². The molecule has 4 heteroatoms. The van der Waals surface area contributed by atoms with Gasteiger partial charge < -0.3 is 0 Å². The van der Waals surface area contributed by atoms with Gasteiger partial charge in [-0.3, -0.25) is 0 Å². The van der Waals surface area contributed by atoms with Crippen LogP contribution in [0.1, 0.15) is 13.8 Å². The van der Waals surface area contributed by atoms with Crippen molar-refractivity contribution in [2.45, 2.75) is 18.7 Å². The van der Waals surface area contributed by atoms with E-state index in [-0.39, 0.29) is 25.7 Å². The molecule has 0 aliphatic carbocycles. The molecule has 1 amide bonds. The summed E-state index contributed by atoms with van der Waals surface area (Å²) >= 11 is 6.10. The molecule has 0 saturated heterocycles. The first-order valence-corrected chi connectivity index (χ1v) is 7.07. The van der Waals surface area contributed by atoms with Gasteiger partial charge in [0.05, 0.1) is 0 Å². The van der Waals surface area contributed by atoms with Gasteiger partial charge in [-0.15, -0.1) is 0 Å². The maximum absolute atomic E-state index is 11.8. The van der Waals surface area contributed by atoms with E-state index in [2.05, 4.69) is 19.2 Å². The molecule has 80 valence electrons. The van der Waals surface area contributed by atoms with Gasteiger partial charge in [0.25, 0.3) is 0 Å². The second-order valence-corrected chi connectivity index (χ2v) is 6.83. The molecule has 1 aromatic rings. The molecule has 1 N–H and O–H groups in total. The number of hydrogen-bond donors (Lipinski definition) is 1. The number of anilines is 1. The van der Waals surface area contributed by atoms with E-state index in [0.29, 0.717) is 10.9 Å². The van der Waals surface area contributed by atoms with Crippen LogP contribution in [0.4, 0.5) is 5.69 Å². The Morgan fingerprint density at radius 1 is 1.47 bits per heavy atom. The fraction of sp³-hybridized carbons (Fsp3) is 0.364. The number of carbonyl (C=O) groups is 1. The van der Waals surface area contributed by atoms with Crippen LogP contribution in [-0.2, 0) is 4.79 Å². The van der Waals surface area contributed by atoms with Crippen LogP contribution >= 0.6 is 11.6 Å². The molecule has 2 rings (SSSR count). The average Bonchev–Trinajstić information content (AvgIpc) is 2.15. The van der Waals surface area contributed by atoms with Gasteiger partial charge in [0.15, 0.2) is 0 Å². The standard InChI is InChI=1S/C11H12ClNOSe/c1-6(2)10-11(14)13-8-5-7(12)3-4-9(8)15-10/h3-6,10H,1-2H3,(H,13,14). The minimum absolute atomic E-state index is 0.139. The van der Waals surface area contributed by atoms with Gasteiger partial charge in [-0.2, -0.15) is 0 Å². The minimum atomic E-state index is 0.139. The van der Waals surface area contributed by atoms with Gasteiger partial charge in [-0.05, 0) is 0 Å². The van der Waals surface area contributed by atoms with Crippen molar-refractivity contribution in [3.63, 3.8) is 0 Å². The molecule has 1 atom stereocenters. The van der Waals surface area contributed by atoms with E-state index in [0.717, 1.165) is 5.69 Å². The normalized spacial score (nSPS) is 20.0. The number of halogens is 1. The van der Waals surface area contributed by atoms with Crippen molar-refractivity contribution >= 4 is 42.6 Å². The van der Waals surface area contributed by atoms with Crippen LogP contribution in [-0.4, -0.2) is 20.9 Å². The fourth-order valence-corrected chi connectivity index (χ4v) is 4.01. The number of hydrogen-bond acceptors (Lipinski definition) is 1. The Morgan fingerprint density at radius 2 is 2.20 bits per heavy atom. The first-order chi connectivity index (χ1) is 7.08. The van der Waals surface area contributed by atoms with E-state index in [4.69, 9.17) is 11.6 Å². The Morgan fingerprint density at radius 3 is 2.87 bits per heavy atom. The van der Waals surface area contributed by atoms with Crippen LogP contribution in [0, 0.1) is 5.92 Å². The molecule has 0 aromatic heterocycles. The molecule has 1 aromatic carbocycles. The van der Waals surface area contributed by atoms with Gasteiger partial charge in [0, 0.05) is 0 Å². The molecule has 2 nitrogen and oxygen atoms in total. The Hall–Kier alpha value is -0.501. The molecule has 1 unspecified atom stereocenters. The summed E-state index contributed by atoms with van der Waals surface area (Å²) in [4.78, 5) is 11.9. The average molecular weight is 289 g/mol. The Balaban J connectivity index is 2.34. The van der Waals surface area contributed by atoms with Gasteiger partial charge in [-0.1, -0.05) is 0 Å². The topological polar surface area (TPSA) is 29.1 Å². The fourth-order valence-electron chi connectivity index (χ4n) is 1.54. The molecule has 0 radical (unpaired) electrons. The molecule has 0 saturated carbocycles. The second kappa shape index (κ2) is 4.17. The summed E-state index contributed by atoms with van der Waals surface area (Å²) in [6.45, 7) is 4.18.